The lowest BCUT2D eigenvalue weighted by Gasteiger charge is -2.06. The summed E-state index contributed by atoms with van der Waals surface area (Å²) in [5, 5.41) is 1.25. The maximum absolute atomic E-state index is 4.07. The predicted octanol–water partition coefficient (Wildman–Crippen LogP) is 4.08. The van der Waals surface area contributed by atoms with Crippen LogP contribution in [0, 0.1) is 0 Å². The number of hydrogen-bond acceptors (Lipinski definition) is 1. The van der Waals surface area contributed by atoms with E-state index in [2.05, 4.69) is 63.1 Å². The number of nitrogens with one attached hydrogen (secondary N) is 1. The molecule has 0 amide bonds. The molecule has 21 heavy (non-hydrogen) atoms. The van der Waals surface area contributed by atoms with Gasteiger partial charge in [-0.05, 0) is 40.3 Å². The zero-order chi connectivity index (χ0) is 14.1. The Balaban J connectivity index is 1.63. The molecule has 0 aliphatic heterocycles. The van der Waals surface area contributed by atoms with E-state index in [1.807, 2.05) is 18.7 Å². The van der Waals surface area contributed by atoms with Crippen LogP contribution in [0.25, 0.3) is 22.0 Å². The summed E-state index contributed by atoms with van der Waals surface area (Å²) in [4.78, 5) is 7.29. The van der Waals surface area contributed by atoms with Gasteiger partial charge in [-0.2, -0.15) is 0 Å². The Hall–Kier alpha value is -2.81. The minimum absolute atomic E-state index is 0.858. The molecule has 2 heterocycles. The van der Waals surface area contributed by atoms with Crippen molar-refractivity contribution in [3.05, 3.63) is 79.0 Å². The first-order valence-corrected chi connectivity index (χ1v) is 7.01. The zero-order valence-corrected chi connectivity index (χ0v) is 11.5. The van der Waals surface area contributed by atoms with Gasteiger partial charge >= 0.3 is 0 Å². The lowest BCUT2D eigenvalue weighted by atomic mass is 10.0. The van der Waals surface area contributed by atoms with E-state index >= 15 is 0 Å². The van der Waals surface area contributed by atoms with Crippen molar-refractivity contribution >= 4 is 10.9 Å². The first-order valence-electron chi connectivity index (χ1n) is 7.01. The van der Waals surface area contributed by atoms with Crippen molar-refractivity contribution in [1.82, 2.24) is 14.5 Å². The van der Waals surface area contributed by atoms with Gasteiger partial charge in [-0.3, -0.25) is 0 Å². The molecule has 0 aliphatic rings. The van der Waals surface area contributed by atoms with Gasteiger partial charge in [0.1, 0.15) is 0 Å². The summed E-state index contributed by atoms with van der Waals surface area (Å²) in [6, 6.07) is 17.3. The van der Waals surface area contributed by atoms with Crippen LogP contribution in [0.2, 0.25) is 0 Å². The summed E-state index contributed by atoms with van der Waals surface area (Å²) in [5.41, 5.74) is 4.94. The van der Waals surface area contributed by atoms with Gasteiger partial charge in [-0.1, -0.05) is 30.3 Å². The fraction of sp³-hybridized carbons (Fsp3) is 0.0556. The van der Waals surface area contributed by atoms with Crippen LogP contribution < -0.4 is 0 Å². The number of imidazole rings is 1. The normalized spacial score (nSPS) is 11.0. The summed E-state index contributed by atoms with van der Waals surface area (Å²) < 4.78 is 2.07. The summed E-state index contributed by atoms with van der Waals surface area (Å²) in [7, 11) is 0. The largest absolute Gasteiger partial charge is 0.361 e. The lowest BCUT2D eigenvalue weighted by Crippen LogP contribution is -1.95. The van der Waals surface area contributed by atoms with Crippen LogP contribution in [0.15, 0.2) is 73.4 Å². The summed E-state index contributed by atoms with van der Waals surface area (Å²) in [5.74, 6) is 0. The van der Waals surface area contributed by atoms with E-state index in [0.717, 1.165) is 6.54 Å². The second-order valence-corrected chi connectivity index (χ2v) is 5.21. The lowest BCUT2D eigenvalue weighted by molar-refractivity contribution is 0.797. The second kappa shape index (κ2) is 4.94. The van der Waals surface area contributed by atoms with E-state index in [1.54, 1.807) is 6.20 Å². The molecule has 0 atom stereocenters. The Morgan fingerprint density at radius 3 is 2.62 bits per heavy atom. The Labute approximate surface area is 122 Å². The number of fused-ring (bicyclic) bond motifs is 1. The average Bonchev–Trinajstić information content (AvgIpc) is 3.18. The highest BCUT2D eigenvalue weighted by Crippen LogP contribution is 2.24. The molecule has 0 spiro atoms. The van der Waals surface area contributed by atoms with E-state index in [1.165, 1.54) is 27.6 Å². The molecule has 0 unspecified atom stereocenters. The first-order chi connectivity index (χ1) is 10.4. The van der Waals surface area contributed by atoms with E-state index in [9.17, 15) is 0 Å². The fourth-order valence-electron chi connectivity index (χ4n) is 2.63. The summed E-state index contributed by atoms with van der Waals surface area (Å²) in [6.45, 7) is 0.858. The second-order valence-electron chi connectivity index (χ2n) is 5.21. The topological polar surface area (TPSA) is 33.6 Å². The molecule has 0 fully saturated rings. The predicted molar refractivity (Wildman–Crippen MR) is 85.1 cm³/mol. The summed E-state index contributed by atoms with van der Waals surface area (Å²) in [6.07, 6.45) is 7.60. The van der Waals surface area contributed by atoms with Gasteiger partial charge in [0.2, 0.25) is 0 Å². The van der Waals surface area contributed by atoms with Gasteiger partial charge in [-0.25, -0.2) is 4.98 Å². The number of aromatic nitrogens is 3. The molecule has 0 saturated carbocycles. The van der Waals surface area contributed by atoms with E-state index < -0.39 is 0 Å². The molecule has 4 aromatic rings. The highest BCUT2D eigenvalue weighted by atomic mass is 15.0. The van der Waals surface area contributed by atoms with Gasteiger partial charge < -0.3 is 9.55 Å². The first kappa shape index (κ1) is 12.0. The van der Waals surface area contributed by atoms with Crippen LogP contribution in [0.5, 0.6) is 0 Å². The van der Waals surface area contributed by atoms with Crippen LogP contribution >= 0.6 is 0 Å². The van der Waals surface area contributed by atoms with Crippen molar-refractivity contribution in [2.45, 2.75) is 6.54 Å². The van der Waals surface area contributed by atoms with E-state index in [4.69, 9.17) is 0 Å². The summed E-state index contributed by atoms with van der Waals surface area (Å²) >= 11 is 0. The molecule has 0 radical (unpaired) electrons. The van der Waals surface area contributed by atoms with Crippen LogP contribution in [0.1, 0.15) is 5.56 Å². The molecule has 0 aliphatic carbocycles. The van der Waals surface area contributed by atoms with Crippen LogP contribution in [-0.2, 0) is 6.54 Å². The van der Waals surface area contributed by atoms with E-state index in [-0.39, 0.29) is 0 Å². The maximum atomic E-state index is 4.07. The number of aromatic amines is 1. The van der Waals surface area contributed by atoms with Crippen LogP contribution in [0.3, 0.4) is 0 Å². The Morgan fingerprint density at radius 2 is 1.81 bits per heavy atom. The third-order valence-electron chi connectivity index (χ3n) is 3.76. The molecular formula is C18H15N3. The smallest absolute Gasteiger partial charge is 0.0949 e. The molecule has 4 rings (SSSR count). The number of benzene rings is 2. The van der Waals surface area contributed by atoms with Crippen molar-refractivity contribution < 1.29 is 0 Å². The van der Waals surface area contributed by atoms with Gasteiger partial charge in [-0.15, -0.1) is 0 Å². The Bertz CT molecular complexity index is 855. The average molecular weight is 273 g/mol. The van der Waals surface area contributed by atoms with Crippen molar-refractivity contribution in [3.8, 4) is 11.1 Å². The minimum Gasteiger partial charge on any atom is -0.361 e. The maximum Gasteiger partial charge on any atom is 0.0949 e. The number of hydrogen-bond donors (Lipinski definition) is 1. The number of nitrogens with zero attached hydrogens (tertiary/aromatic N) is 2. The molecule has 3 heteroatoms. The third kappa shape index (κ3) is 2.34. The van der Waals surface area contributed by atoms with Gasteiger partial charge in [0.05, 0.1) is 6.33 Å². The molecule has 3 nitrogen and oxygen atoms in total. The van der Waals surface area contributed by atoms with Gasteiger partial charge in [0.25, 0.3) is 0 Å². The Morgan fingerprint density at radius 1 is 0.952 bits per heavy atom. The molecule has 2 aromatic heterocycles. The van der Waals surface area contributed by atoms with Gasteiger partial charge in [0.15, 0.2) is 0 Å². The van der Waals surface area contributed by atoms with Crippen molar-refractivity contribution in [2.24, 2.45) is 0 Å². The monoisotopic (exact) mass is 273 g/mol. The van der Waals surface area contributed by atoms with Gasteiger partial charge in [0, 0.05) is 30.7 Å². The highest BCUT2D eigenvalue weighted by molar-refractivity contribution is 5.85. The standard InChI is InChI=1S/C18H15N3/c1-3-15(4-2-14(1)12-21-10-9-19-13-21)16-5-6-18-17(11-16)7-8-20-18/h1-11,13,20H,12H2. The number of H-pyrrole nitrogens is 1. The molecule has 0 bridgehead atoms. The van der Waals surface area contributed by atoms with Crippen molar-refractivity contribution in [3.63, 3.8) is 0 Å². The molecular weight excluding hydrogens is 258 g/mol. The van der Waals surface area contributed by atoms with Crippen LogP contribution in [-0.4, -0.2) is 14.5 Å². The molecule has 1 N–H and O–H groups in total. The third-order valence-corrected chi connectivity index (χ3v) is 3.76. The number of rotatable bonds is 3. The molecule has 0 saturated heterocycles. The SMILES string of the molecule is c1cn(Cc2ccc(-c3ccc4[nH]ccc4c3)cc2)cn1. The van der Waals surface area contributed by atoms with Crippen LogP contribution in [0.4, 0.5) is 0 Å². The minimum atomic E-state index is 0.858. The Kier molecular flexibility index (Phi) is 2.82. The highest BCUT2D eigenvalue weighted by Gasteiger charge is 2.01. The van der Waals surface area contributed by atoms with Crippen molar-refractivity contribution in [1.29, 1.82) is 0 Å². The zero-order valence-electron chi connectivity index (χ0n) is 11.5. The molecule has 2 aromatic carbocycles. The van der Waals surface area contributed by atoms with Crippen molar-refractivity contribution in [2.75, 3.05) is 0 Å². The fourth-order valence-corrected chi connectivity index (χ4v) is 2.63. The quantitative estimate of drug-likeness (QED) is 0.599. The van der Waals surface area contributed by atoms with E-state index in [0.29, 0.717) is 0 Å². The molecule has 102 valence electrons.